The molecule has 0 aromatic heterocycles. The summed E-state index contributed by atoms with van der Waals surface area (Å²) < 4.78 is 11.0. The zero-order chi connectivity index (χ0) is 16.6. The Kier molecular flexibility index (Phi) is 4.37. The number of ether oxygens (including phenoxy) is 2. The number of likely N-dealkylation sites (N-methyl/N-ethyl adjacent to an activating group) is 1. The predicted molar refractivity (Wildman–Crippen MR) is 90.7 cm³/mol. The Hall–Kier alpha value is -1.55. The van der Waals surface area contributed by atoms with E-state index >= 15 is 0 Å². The van der Waals surface area contributed by atoms with E-state index in [9.17, 15) is 4.79 Å². The maximum absolute atomic E-state index is 12.1. The number of nitrogens with zero attached hydrogens (tertiary/aromatic N) is 1. The predicted octanol–water partition coefficient (Wildman–Crippen LogP) is 3.42. The number of methoxy groups -OCH3 is 2. The molecule has 1 aromatic rings. The second kappa shape index (κ2) is 6.16. The van der Waals surface area contributed by atoms with Gasteiger partial charge in [-0.25, -0.2) is 0 Å². The number of likely N-dealkylation sites (tertiary alicyclic amines) is 1. The normalized spacial score (nSPS) is 27.6. The van der Waals surface area contributed by atoms with Crippen molar-refractivity contribution in [2.45, 2.75) is 50.5 Å². The van der Waals surface area contributed by atoms with Crippen molar-refractivity contribution in [3.8, 4) is 11.5 Å². The van der Waals surface area contributed by atoms with Crippen LogP contribution in [0.4, 0.5) is 0 Å². The highest BCUT2D eigenvalue weighted by molar-refractivity contribution is 5.98. The molecule has 0 spiro atoms. The molecule has 0 amide bonds. The van der Waals surface area contributed by atoms with Crippen molar-refractivity contribution in [1.29, 1.82) is 0 Å². The largest absolute Gasteiger partial charge is 0.493 e. The fourth-order valence-electron chi connectivity index (χ4n) is 4.68. The molecular weight excluding hydrogens is 290 g/mol. The van der Waals surface area contributed by atoms with Gasteiger partial charge in [0.25, 0.3) is 0 Å². The van der Waals surface area contributed by atoms with Crippen LogP contribution in [0.3, 0.4) is 0 Å². The molecule has 1 heterocycles. The monoisotopic (exact) mass is 317 g/mol. The van der Waals surface area contributed by atoms with Crippen molar-refractivity contribution in [3.05, 3.63) is 23.3 Å². The first-order valence-electron chi connectivity index (χ1n) is 8.51. The van der Waals surface area contributed by atoms with E-state index in [2.05, 4.69) is 24.1 Å². The summed E-state index contributed by atoms with van der Waals surface area (Å²) in [5.41, 5.74) is 2.03. The summed E-state index contributed by atoms with van der Waals surface area (Å²) >= 11 is 0. The van der Waals surface area contributed by atoms with Crippen LogP contribution in [-0.4, -0.2) is 44.5 Å². The van der Waals surface area contributed by atoms with Gasteiger partial charge >= 0.3 is 0 Å². The number of fused-ring (bicyclic) bond motifs is 1. The number of Topliss-reactive ketones (excluding diaryl/α,β-unsaturated/α-hetero) is 1. The number of carbonyl (C=O) groups excluding carboxylic acids is 1. The third-order valence-electron chi connectivity index (χ3n) is 5.86. The molecule has 2 aliphatic rings. The van der Waals surface area contributed by atoms with E-state index in [1.807, 2.05) is 0 Å². The second-order valence-corrected chi connectivity index (χ2v) is 6.96. The lowest BCUT2D eigenvalue weighted by molar-refractivity contribution is 0.101. The van der Waals surface area contributed by atoms with Crippen molar-refractivity contribution in [3.63, 3.8) is 0 Å². The maximum atomic E-state index is 12.1. The number of hydrogen-bond donors (Lipinski definition) is 0. The van der Waals surface area contributed by atoms with E-state index in [-0.39, 0.29) is 11.2 Å². The molecule has 0 radical (unpaired) electrons. The zero-order valence-electron chi connectivity index (χ0n) is 14.6. The lowest BCUT2D eigenvalue weighted by atomic mass is 9.66. The van der Waals surface area contributed by atoms with Gasteiger partial charge in [-0.2, -0.15) is 0 Å². The van der Waals surface area contributed by atoms with Crippen LogP contribution in [0.2, 0.25) is 0 Å². The number of hydrogen-bond acceptors (Lipinski definition) is 4. The van der Waals surface area contributed by atoms with Crippen molar-refractivity contribution in [2.75, 3.05) is 27.8 Å². The van der Waals surface area contributed by atoms with Gasteiger partial charge in [-0.1, -0.05) is 12.8 Å². The average molecular weight is 317 g/mol. The maximum Gasteiger partial charge on any atom is 0.171 e. The highest BCUT2D eigenvalue weighted by Gasteiger charge is 2.48. The summed E-state index contributed by atoms with van der Waals surface area (Å²) in [7, 11) is 5.46. The van der Waals surface area contributed by atoms with Gasteiger partial charge in [-0.3, -0.25) is 4.79 Å². The van der Waals surface area contributed by atoms with E-state index in [0.29, 0.717) is 23.1 Å². The van der Waals surface area contributed by atoms with Crippen LogP contribution in [0.15, 0.2) is 12.1 Å². The van der Waals surface area contributed by atoms with E-state index in [1.54, 1.807) is 21.1 Å². The number of carbonyl (C=O) groups is 1. The van der Waals surface area contributed by atoms with Crippen molar-refractivity contribution in [2.24, 2.45) is 0 Å². The molecule has 1 saturated carbocycles. The van der Waals surface area contributed by atoms with Crippen LogP contribution in [0.1, 0.15) is 54.9 Å². The Morgan fingerprint density at radius 2 is 2.00 bits per heavy atom. The molecule has 1 aliphatic carbocycles. The molecule has 2 fully saturated rings. The topological polar surface area (TPSA) is 38.8 Å². The first-order chi connectivity index (χ1) is 11.0. The molecule has 1 aliphatic heterocycles. The fraction of sp³-hybridized carbons (Fsp3) is 0.632. The van der Waals surface area contributed by atoms with Crippen LogP contribution in [0, 0.1) is 0 Å². The molecule has 3 rings (SSSR count). The number of benzene rings is 1. The average Bonchev–Trinajstić information content (AvgIpc) is 2.92. The first kappa shape index (κ1) is 16.3. The van der Waals surface area contributed by atoms with Gasteiger partial charge in [0.15, 0.2) is 17.3 Å². The van der Waals surface area contributed by atoms with Gasteiger partial charge in [0.05, 0.1) is 19.8 Å². The van der Waals surface area contributed by atoms with Crippen molar-refractivity contribution >= 4 is 5.78 Å². The zero-order valence-corrected chi connectivity index (χ0v) is 14.6. The molecular formula is C19H27NO3. The van der Waals surface area contributed by atoms with E-state index in [4.69, 9.17) is 9.47 Å². The fourth-order valence-corrected chi connectivity index (χ4v) is 4.68. The van der Waals surface area contributed by atoms with Gasteiger partial charge in [-0.05, 0) is 57.5 Å². The van der Waals surface area contributed by atoms with Gasteiger partial charge in [0.1, 0.15) is 0 Å². The molecule has 0 N–H and O–H groups in total. The minimum atomic E-state index is 0.0251. The van der Waals surface area contributed by atoms with Crippen LogP contribution in [0.25, 0.3) is 0 Å². The summed E-state index contributed by atoms with van der Waals surface area (Å²) in [4.78, 5) is 14.6. The Labute approximate surface area is 138 Å². The molecule has 23 heavy (non-hydrogen) atoms. The third-order valence-corrected chi connectivity index (χ3v) is 5.86. The lowest BCUT2D eigenvalue weighted by Gasteiger charge is -2.42. The van der Waals surface area contributed by atoms with Gasteiger partial charge in [-0.15, -0.1) is 0 Å². The van der Waals surface area contributed by atoms with Crippen molar-refractivity contribution < 1.29 is 14.3 Å². The lowest BCUT2D eigenvalue weighted by Crippen LogP contribution is -2.43. The summed E-state index contributed by atoms with van der Waals surface area (Å²) in [5.74, 6) is 1.25. The van der Waals surface area contributed by atoms with Gasteiger partial charge in [0.2, 0.25) is 0 Å². The minimum absolute atomic E-state index is 0.0251. The van der Waals surface area contributed by atoms with Gasteiger partial charge in [0, 0.05) is 11.5 Å². The van der Waals surface area contributed by atoms with Crippen LogP contribution in [-0.2, 0) is 5.41 Å². The minimum Gasteiger partial charge on any atom is -0.493 e. The summed E-state index contributed by atoms with van der Waals surface area (Å²) in [6.45, 7) is 2.71. The molecule has 126 valence electrons. The molecule has 1 aromatic carbocycles. The molecule has 4 heteroatoms. The Morgan fingerprint density at radius 1 is 1.22 bits per heavy atom. The molecule has 1 saturated heterocycles. The number of rotatable bonds is 4. The highest BCUT2D eigenvalue weighted by atomic mass is 16.5. The van der Waals surface area contributed by atoms with E-state index in [1.165, 1.54) is 31.2 Å². The number of ketones is 1. The molecule has 4 nitrogen and oxygen atoms in total. The SMILES string of the molecule is COc1cc([C@@]23CCCCC2N(C)CC3)cc(C(C)=O)c1OC. The molecule has 1 unspecified atom stereocenters. The summed E-state index contributed by atoms with van der Waals surface area (Å²) in [6.07, 6.45) is 6.13. The highest BCUT2D eigenvalue weighted by Crippen LogP contribution is 2.50. The van der Waals surface area contributed by atoms with E-state index < -0.39 is 0 Å². The Balaban J connectivity index is 2.15. The van der Waals surface area contributed by atoms with E-state index in [0.717, 1.165) is 13.0 Å². The van der Waals surface area contributed by atoms with Crippen LogP contribution < -0.4 is 9.47 Å². The standard InChI is InChI=1S/C19H27NO3/c1-13(21)15-11-14(12-16(22-3)18(15)23-4)19-8-6-5-7-17(19)20(2)10-9-19/h11-12,17H,5-10H2,1-4H3/t17?,19-/m0/s1. The quantitative estimate of drug-likeness (QED) is 0.798. The van der Waals surface area contributed by atoms with Gasteiger partial charge < -0.3 is 14.4 Å². The third kappa shape index (κ3) is 2.53. The first-order valence-corrected chi connectivity index (χ1v) is 8.51. The Bertz CT molecular complexity index is 609. The summed E-state index contributed by atoms with van der Waals surface area (Å²) in [6, 6.07) is 4.72. The van der Waals surface area contributed by atoms with Crippen LogP contribution in [0.5, 0.6) is 11.5 Å². The molecule has 0 bridgehead atoms. The Morgan fingerprint density at radius 3 is 2.65 bits per heavy atom. The van der Waals surface area contributed by atoms with Crippen molar-refractivity contribution in [1.82, 2.24) is 4.90 Å². The second-order valence-electron chi connectivity index (χ2n) is 6.96. The van der Waals surface area contributed by atoms with Crippen LogP contribution >= 0.6 is 0 Å². The molecule has 2 atom stereocenters. The smallest absolute Gasteiger partial charge is 0.171 e. The summed E-state index contributed by atoms with van der Waals surface area (Å²) in [5, 5.41) is 0.